The average Bonchev–Trinajstić information content (AvgIpc) is 2.84. The number of aryl methyl sites for hydroxylation is 1. The molecule has 0 aliphatic heterocycles. The minimum atomic E-state index is -0.345. The van der Waals surface area contributed by atoms with Crippen molar-refractivity contribution in [2.24, 2.45) is 0 Å². The minimum absolute atomic E-state index is 0.157. The molecule has 0 saturated heterocycles. The lowest BCUT2D eigenvalue weighted by Gasteiger charge is -1.99. The predicted octanol–water partition coefficient (Wildman–Crippen LogP) is -0.387. The van der Waals surface area contributed by atoms with Gasteiger partial charge in [0.05, 0.1) is 12.7 Å². The van der Waals surface area contributed by atoms with E-state index in [-0.39, 0.29) is 23.8 Å². The molecule has 4 N–H and O–H groups in total. The predicted molar refractivity (Wildman–Crippen MR) is 53.2 cm³/mol. The summed E-state index contributed by atoms with van der Waals surface area (Å²) >= 11 is 0. The Balaban J connectivity index is 1.96. The SMILES string of the molecule is Cc1noc(CNC(=O)c2cn[nH]c2N)n1. The first-order valence-corrected chi connectivity index (χ1v) is 4.53. The third-order valence-electron chi connectivity index (χ3n) is 1.88. The number of aromatic amines is 1. The molecule has 0 unspecified atom stereocenters. The largest absolute Gasteiger partial charge is 0.383 e. The van der Waals surface area contributed by atoms with Gasteiger partial charge in [0.15, 0.2) is 5.82 Å². The van der Waals surface area contributed by atoms with Gasteiger partial charge in [0.25, 0.3) is 5.91 Å². The van der Waals surface area contributed by atoms with Gasteiger partial charge in [0.1, 0.15) is 11.4 Å². The highest BCUT2D eigenvalue weighted by atomic mass is 16.5. The molecule has 16 heavy (non-hydrogen) atoms. The molecule has 2 aromatic heterocycles. The van der Waals surface area contributed by atoms with Crippen molar-refractivity contribution in [2.45, 2.75) is 13.5 Å². The Morgan fingerprint density at radius 3 is 3.06 bits per heavy atom. The van der Waals surface area contributed by atoms with E-state index in [1.807, 2.05) is 0 Å². The monoisotopic (exact) mass is 222 g/mol. The summed E-state index contributed by atoms with van der Waals surface area (Å²) in [5.74, 6) is 0.737. The Morgan fingerprint density at radius 1 is 1.69 bits per heavy atom. The third-order valence-corrected chi connectivity index (χ3v) is 1.88. The van der Waals surface area contributed by atoms with E-state index in [4.69, 9.17) is 10.3 Å². The number of hydrogen-bond donors (Lipinski definition) is 3. The summed E-state index contributed by atoms with van der Waals surface area (Å²) in [4.78, 5) is 15.5. The van der Waals surface area contributed by atoms with Gasteiger partial charge in [-0.05, 0) is 6.92 Å². The average molecular weight is 222 g/mol. The van der Waals surface area contributed by atoms with E-state index < -0.39 is 0 Å². The van der Waals surface area contributed by atoms with Crippen molar-refractivity contribution in [3.8, 4) is 0 Å². The van der Waals surface area contributed by atoms with Gasteiger partial charge in [0, 0.05) is 0 Å². The molecular formula is C8H10N6O2. The molecule has 2 aromatic rings. The van der Waals surface area contributed by atoms with Crippen molar-refractivity contribution in [2.75, 3.05) is 5.73 Å². The fourth-order valence-electron chi connectivity index (χ4n) is 1.14. The number of carbonyl (C=O) groups excluding carboxylic acids is 1. The van der Waals surface area contributed by atoms with Gasteiger partial charge in [0.2, 0.25) is 5.89 Å². The highest BCUT2D eigenvalue weighted by molar-refractivity contribution is 5.97. The maximum atomic E-state index is 11.6. The van der Waals surface area contributed by atoms with Crippen LogP contribution in [0, 0.1) is 6.92 Å². The van der Waals surface area contributed by atoms with Crippen LogP contribution in [0.15, 0.2) is 10.7 Å². The first-order chi connectivity index (χ1) is 7.66. The summed E-state index contributed by atoms with van der Waals surface area (Å²) in [6.45, 7) is 1.85. The second kappa shape index (κ2) is 4.01. The lowest BCUT2D eigenvalue weighted by molar-refractivity contribution is 0.0947. The smallest absolute Gasteiger partial charge is 0.257 e. The van der Waals surface area contributed by atoms with E-state index in [0.717, 1.165) is 0 Å². The Morgan fingerprint density at radius 2 is 2.50 bits per heavy atom. The van der Waals surface area contributed by atoms with E-state index in [1.54, 1.807) is 6.92 Å². The van der Waals surface area contributed by atoms with Gasteiger partial charge in [-0.25, -0.2) is 0 Å². The van der Waals surface area contributed by atoms with Crippen molar-refractivity contribution in [3.63, 3.8) is 0 Å². The summed E-state index contributed by atoms with van der Waals surface area (Å²) in [7, 11) is 0. The molecule has 0 fully saturated rings. The number of amides is 1. The third kappa shape index (κ3) is 2.00. The number of nitrogens with zero attached hydrogens (tertiary/aromatic N) is 3. The second-order valence-electron chi connectivity index (χ2n) is 3.12. The number of nitrogens with two attached hydrogens (primary N) is 1. The van der Waals surface area contributed by atoms with Crippen molar-refractivity contribution in [1.82, 2.24) is 25.7 Å². The molecule has 0 aliphatic carbocycles. The molecule has 0 aromatic carbocycles. The van der Waals surface area contributed by atoms with Crippen LogP contribution in [0.1, 0.15) is 22.1 Å². The van der Waals surface area contributed by atoms with Crippen LogP contribution in [-0.2, 0) is 6.54 Å². The number of nitrogen functional groups attached to an aromatic ring is 1. The van der Waals surface area contributed by atoms with Gasteiger partial charge >= 0.3 is 0 Å². The molecule has 8 heteroatoms. The van der Waals surface area contributed by atoms with Crippen LogP contribution in [0.3, 0.4) is 0 Å². The van der Waals surface area contributed by atoms with Crippen LogP contribution >= 0.6 is 0 Å². The van der Waals surface area contributed by atoms with Crippen LogP contribution in [0.5, 0.6) is 0 Å². The summed E-state index contributed by atoms with van der Waals surface area (Å²) < 4.78 is 4.83. The Kier molecular flexibility index (Phi) is 2.54. The molecule has 84 valence electrons. The molecule has 8 nitrogen and oxygen atoms in total. The van der Waals surface area contributed by atoms with Gasteiger partial charge < -0.3 is 15.6 Å². The van der Waals surface area contributed by atoms with Crippen molar-refractivity contribution >= 4 is 11.7 Å². The first-order valence-electron chi connectivity index (χ1n) is 4.53. The summed E-state index contributed by atoms with van der Waals surface area (Å²) in [6.07, 6.45) is 1.35. The Bertz CT molecular complexity index is 502. The van der Waals surface area contributed by atoms with E-state index >= 15 is 0 Å². The normalized spacial score (nSPS) is 10.3. The lowest BCUT2D eigenvalue weighted by Crippen LogP contribution is -2.23. The zero-order valence-electron chi connectivity index (χ0n) is 8.52. The van der Waals surface area contributed by atoms with E-state index in [9.17, 15) is 4.79 Å². The Labute approximate surface area is 90.2 Å². The van der Waals surface area contributed by atoms with Gasteiger partial charge in [-0.15, -0.1) is 0 Å². The summed E-state index contributed by atoms with van der Waals surface area (Å²) in [5.41, 5.74) is 5.77. The number of carbonyl (C=O) groups is 1. The van der Waals surface area contributed by atoms with Crippen LogP contribution in [0.25, 0.3) is 0 Å². The van der Waals surface area contributed by atoms with Crippen LogP contribution in [0.2, 0.25) is 0 Å². The van der Waals surface area contributed by atoms with Crippen molar-refractivity contribution in [1.29, 1.82) is 0 Å². The zero-order valence-corrected chi connectivity index (χ0v) is 8.52. The Hall–Kier alpha value is -2.38. The zero-order chi connectivity index (χ0) is 11.5. The number of nitrogens with one attached hydrogen (secondary N) is 2. The molecule has 1 amide bonds. The molecule has 0 aliphatic rings. The van der Waals surface area contributed by atoms with Crippen LogP contribution < -0.4 is 11.1 Å². The molecule has 2 rings (SSSR count). The maximum absolute atomic E-state index is 11.6. The van der Waals surface area contributed by atoms with Gasteiger partial charge in [-0.1, -0.05) is 5.16 Å². The number of anilines is 1. The van der Waals surface area contributed by atoms with E-state index in [1.165, 1.54) is 6.20 Å². The second-order valence-corrected chi connectivity index (χ2v) is 3.12. The fourth-order valence-corrected chi connectivity index (χ4v) is 1.14. The van der Waals surface area contributed by atoms with Crippen molar-refractivity contribution in [3.05, 3.63) is 23.5 Å². The van der Waals surface area contributed by atoms with Crippen LogP contribution in [0.4, 0.5) is 5.82 Å². The molecule has 2 heterocycles. The number of H-pyrrole nitrogens is 1. The van der Waals surface area contributed by atoms with E-state index in [0.29, 0.717) is 11.7 Å². The molecule has 0 atom stereocenters. The number of rotatable bonds is 3. The summed E-state index contributed by atoms with van der Waals surface area (Å²) in [6, 6.07) is 0. The summed E-state index contributed by atoms with van der Waals surface area (Å²) in [5, 5.41) is 12.3. The maximum Gasteiger partial charge on any atom is 0.257 e. The topological polar surface area (TPSA) is 123 Å². The molecule has 0 spiro atoms. The van der Waals surface area contributed by atoms with Gasteiger partial charge in [-0.3, -0.25) is 9.89 Å². The van der Waals surface area contributed by atoms with Gasteiger partial charge in [-0.2, -0.15) is 10.1 Å². The lowest BCUT2D eigenvalue weighted by atomic mass is 10.3. The first kappa shape index (κ1) is 10.1. The highest BCUT2D eigenvalue weighted by Gasteiger charge is 2.12. The minimum Gasteiger partial charge on any atom is -0.383 e. The molecule has 0 radical (unpaired) electrons. The van der Waals surface area contributed by atoms with E-state index in [2.05, 4.69) is 25.7 Å². The standard InChI is InChI=1S/C8H10N6O2/c1-4-12-6(16-14-4)3-10-8(15)5-2-11-13-7(5)9/h2H,3H2,1H3,(H,10,15)(H3,9,11,13). The molecular weight excluding hydrogens is 212 g/mol. The van der Waals surface area contributed by atoms with Crippen LogP contribution in [-0.4, -0.2) is 26.2 Å². The quantitative estimate of drug-likeness (QED) is 0.650. The number of hydrogen-bond acceptors (Lipinski definition) is 6. The van der Waals surface area contributed by atoms with Crippen molar-refractivity contribution < 1.29 is 9.32 Å². The molecule has 0 saturated carbocycles. The fraction of sp³-hybridized carbons (Fsp3) is 0.250. The number of aromatic nitrogens is 4. The highest BCUT2D eigenvalue weighted by Crippen LogP contribution is 2.05. The molecule has 0 bridgehead atoms.